The van der Waals surface area contributed by atoms with Crippen molar-refractivity contribution < 1.29 is 24.0 Å². The minimum absolute atomic E-state index is 0.0663. The molecule has 8 nitrogen and oxygen atoms in total. The largest absolute Gasteiger partial charge is 0.398 e. The maximum absolute atomic E-state index is 12.8. The van der Waals surface area contributed by atoms with E-state index in [2.05, 4.69) is 5.32 Å². The summed E-state index contributed by atoms with van der Waals surface area (Å²) in [6.07, 6.45) is 1.94. The van der Waals surface area contributed by atoms with Crippen LogP contribution in [0.15, 0.2) is 6.07 Å². The molecule has 3 N–H and O–H groups in total. The highest BCUT2D eigenvalue weighted by Gasteiger charge is 2.46. The fraction of sp³-hybridized carbons (Fsp3) is 0.353. The molecule has 2 aliphatic heterocycles. The lowest BCUT2D eigenvalue weighted by Crippen LogP contribution is -2.54. The summed E-state index contributed by atoms with van der Waals surface area (Å²) >= 11 is 0. The van der Waals surface area contributed by atoms with Gasteiger partial charge in [-0.05, 0) is 36.5 Å². The Labute approximate surface area is 142 Å². The van der Waals surface area contributed by atoms with Crippen LogP contribution < -0.4 is 11.1 Å². The van der Waals surface area contributed by atoms with Crippen LogP contribution in [0.25, 0.3) is 0 Å². The second-order valence-electron chi connectivity index (χ2n) is 6.60. The first-order chi connectivity index (χ1) is 11.9. The van der Waals surface area contributed by atoms with Gasteiger partial charge in [-0.3, -0.25) is 29.4 Å². The van der Waals surface area contributed by atoms with Crippen LogP contribution in [0.1, 0.15) is 44.7 Å². The Kier molecular flexibility index (Phi) is 3.24. The molecule has 0 spiro atoms. The molecule has 4 rings (SSSR count). The van der Waals surface area contributed by atoms with Crippen molar-refractivity contribution in [2.24, 2.45) is 5.92 Å². The Hall–Kier alpha value is -3.03. The van der Waals surface area contributed by atoms with E-state index in [1.165, 1.54) is 0 Å². The van der Waals surface area contributed by atoms with E-state index in [1.54, 1.807) is 6.07 Å². The number of rotatable bonds is 2. The number of benzene rings is 1. The fourth-order valence-electron chi connectivity index (χ4n) is 3.89. The SMILES string of the molecule is Nc1c2c(cc3c1C(=O)N([C@H]1CCC(=O)NC1=O)C3=O)CC(C=O)C2. The molecule has 1 unspecified atom stereocenters. The number of piperidine rings is 1. The number of hydrogen-bond donors (Lipinski definition) is 2. The van der Waals surface area contributed by atoms with Gasteiger partial charge in [-0.2, -0.15) is 0 Å². The number of nitrogen functional groups attached to an aromatic ring is 1. The predicted molar refractivity (Wildman–Crippen MR) is 84.5 cm³/mol. The van der Waals surface area contributed by atoms with Gasteiger partial charge in [0.2, 0.25) is 11.8 Å². The molecule has 1 aliphatic carbocycles. The first kappa shape index (κ1) is 15.5. The van der Waals surface area contributed by atoms with Crippen LogP contribution in [0.5, 0.6) is 0 Å². The number of imide groups is 2. The van der Waals surface area contributed by atoms with Crippen molar-refractivity contribution in [3.05, 3.63) is 28.3 Å². The molecule has 2 heterocycles. The average molecular weight is 341 g/mol. The molecule has 1 fully saturated rings. The zero-order valence-electron chi connectivity index (χ0n) is 13.2. The molecule has 128 valence electrons. The number of carbonyl (C=O) groups is 5. The zero-order chi connectivity index (χ0) is 17.9. The first-order valence-electron chi connectivity index (χ1n) is 8.03. The van der Waals surface area contributed by atoms with Crippen molar-refractivity contribution in [3.8, 4) is 0 Å². The molecular formula is C17H15N3O5. The van der Waals surface area contributed by atoms with Crippen LogP contribution in [-0.2, 0) is 27.2 Å². The summed E-state index contributed by atoms with van der Waals surface area (Å²) in [5, 5.41) is 2.15. The lowest BCUT2D eigenvalue weighted by molar-refractivity contribution is -0.136. The van der Waals surface area contributed by atoms with Crippen LogP contribution in [0.4, 0.5) is 5.69 Å². The monoisotopic (exact) mass is 341 g/mol. The topological polar surface area (TPSA) is 127 Å². The molecule has 1 aromatic rings. The van der Waals surface area contributed by atoms with Crippen molar-refractivity contribution >= 4 is 35.6 Å². The van der Waals surface area contributed by atoms with Crippen LogP contribution in [0.2, 0.25) is 0 Å². The minimum Gasteiger partial charge on any atom is -0.398 e. The van der Waals surface area contributed by atoms with E-state index >= 15 is 0 Å². The van der Waals surface area contributed by atoms with Gasteiger partial charge in [-0.25, -0.2) is 0 Å². The highest BCUT2D eigenvalue weighted by molar-refractivity contribution is 6.25. The third-order valence-electron chi connectivity index (χ3n) is 5.11. The van der Waals surface area contributed by atoms with Crippen molar-refractivity contribution in [3.63, 3.8) is 0 Å². The number of hydrogen-bond acceptors (Lipinski definition) is 6. The molecule has 1 saturated heterocycles. The Morgan fingerprint density at radius 2 is 1.92 bits per heavy atom. The maximum atomic E-state index is 12.8. The van der Waals surface area contributed by atoms with Gasteiger partial charge < -0.3 is 10.5 Å². The smallest absolute Gasteiger partial charge is 0.264 e. The number of carbonyl (C=O) groups excluding carboxylic acids is 5. The Morgan fingerprint density at radius 3 is 2.60 bits per heavy atom. The lowest BCUT2D eigenvalue weighted by Gasteiger charge is -2.27. The quantitative estimate of drug-likeness (QED) is 0.427. The molecule has 0 saturated carbocycles. The van der Waals surface area contributed by atoms with E-state index in [-0.39, 0.29) is 35.6 Å². The number of anilines is 1. The number of nitrogens with one attached hydrogen (secondary N) is 1. The van der Waals surface area contributed by atoms with Crippen molar-refractivity contribution in [1.29, 1.82) is 0 Å². The number of nitrogens with zero attached hydrogens (tertiary/aromatic N) is 1. The van der Waals surface area contributed by atoms with Gasteiger partial charge in [0.05, 0.1) is 11.1 Å². The third kappa shape index (κ3) is 2.10. The van der Waals surface area contributed by atoms with Gasteiger partial charge >= 0.3 is 0 Å². The average Bonchev–Trinajstić information content (AvgIpc) is 3.09. The second-order valence-corrected chi connectivity index (χ2v) is 6.60. The van der Waals surface area contributed by atoms with Crippen LogP contribution in [-0.4, -0.2) is 40.9 Å². The number of fused-ring (bicyclic) bond motifs is 2. The molecule has 1 aromatic carbocycles. The maximum Gasteiger partial charge on any atom is 0.264 e. The summed E-state index contributed by atoms with van der Waals surface area (Å²) in [4.78, 5) is 60.8. The van der Waals surface area contributed by atoms with Gasteiger partial charge in [0.15, 0.2) is 0 Å². The van der Waals surface area contributed by atoms with Crippen LogP contribution in [0, 0.1) is 5.92 Å². The number of nitrogens with two attached hydrogens (primary N) is 1. The van der Waals surface area contributed by atoms with Crippen molar-refractivity contribution in [1.82, 2.24) is 10.2 Å². The Bertz CT molecular complexity index is 876. The molecule has 0 aromatic heterocycles. The molecule has 0 radical (unpaired) electrons. The highest BCUT2D eigenvalue weighted by atomic mass is 16.2. The Morgan fingerprint density at radius 1 is 1.16 bits per heavy atom. The summed E-state index contributed by atoms with van der Waals surface area (Å²) in [5.74, 6) is -2.48. The van der Waals surface area contributed by atoms with E-state index in [4.69, 9.17) is 5.73 Å². The standard InChI is InChI=1S/C17H15N3O5/c18-14-9-4-7(6-21)3-8(9)5-10-13(14)17(25)20(16(10)24)11-1-2-12(22)19-15(11)23/h5-7,11H,1-4,18H2,(H,19,22,23)/t7?,11-/m0/s1. The predicted octanol–water partition coefficient (Wildman–Crippen LogP) is -0.416. The molecule has 4 amide bonds. The summed E-state index contributed by atoms with van der Waals surface area (Å²) < 4.78 is 0. The van der Waals surface area contributed by atoms with Gasteiger partial charge in [-0.15, -0.1) is 0 Å². The molecule has 2 atom stereocenters. The molecule has 25 heavy (non-hydrogen) atoms. The van der Waals surface area contributed by atoms with E-state index in [9.17, 15) is 24.0 Å². The molecule has 3 aliphatic rings. The normalized spacial score (nSPS) is 25.0. The minimum atomic E-state index is -1.01. The van der Waals surface area contributed by atoms with Gasteiger partial charge in [0.25, 0.3) is 11.8 Å². The second kappa shape index (κ2) is 5.23. The Balaban J connectivity index is 1.75. The van der Waals surface area contributed by atoms with Crippen LogP contribution in [0.3, 0.4) is 0 Å². The third-order valence-corrected chi connectivity index (χ3v) is 5.11. The fourth-order valence-corrected chi connectivity index (χ4v) is 3.89. The number of aldehydes is 1. The van der Waals surface area contributed by atoms with E-state index < -0.39 is 29.7 Å². The summed E-state index contributed by atoms with van der Waals surface area (Å²) in [5.41, 5.74) is 8.12. The molecular weight excluding hydrogens is 326 g/mol. The van der Waals surface area contributed by atoms with E-state index in [1.807, 2.05) is 0 Å². The zero-order valence-corrected chi connectivity index (χ0v) is 13.2. The van der Waals surface area contributed by atoms with Crippen molar-refractivity contribution in [2.75, 3.05) is 5.73 Å². The molecule has 8 heteroatoms. The van der Waals surface area contributed by atoms with Crippen LogP contribution >= 0.6 is 0 Å². The first-order valence-corrected chi connectivity index (χ1v) is 8.03. The number of amides is 4. The summed E-state index contributed by atoms with van der Waals surface area (Å²) in [6, 6.07) is 0.596. The van der Waals surface area contributed by atoms with E-state index in [0.717, 1.165) is 22.3 Å². The lowest BCUT2D eigenvalue weighted by atomic mass is 9.99. The van der Waals surface area contributed by atoms with E-state index in [0.29, 0.717) is 12.8 Å². The highest BCUT2D eigenvalue weighted by Crippen LogP contribution is 2.39. The summed E-state index contributed by atoms with van der Waals surface area (Å²) in [7, 11) is 0. The van der Waals surface area contributed by atoms with Gasteiger partial charge in [0, 0.05) is 18.0 Å². The van der Waals surface area contributed by atoms with Crippen molar-refractivity contribution in [2.45, 2.75) is 31.7 Å². The summed E-state index contributed by atoms with van der Waals surface area (Å²) in [6.45, 7) is 0. The van der Waals surface area contributed by atoms with Gasteiger partial charge in [-0.1, -0.05) is 0 Å². The van der Waals surface area contributed by atoms with Gasteiger partial charge in [0.1, 0.15) is 12.3 Å². The molecule has 0 bridgehead atoms.